The molecule has 0 saturated heterocycles. The molecule has 0 heterocycles. The van der Waals surface area contributed by atoms with Crippen molar-refractivity contribution < 1.29 is 4.79 Å². The Labute approximate surface area is 114 Å². The van der Waals surface area contributed by atoms with E-state index < -0.39 is 0 Å². The minimum absolute atomic E-state index is 0.0698. The molecular formula is C14H22N2OS. The summed E-state index contributed by atoms with van der Waals surface area (Å²) in [5.41, 5.74) is 7.92. The topological polar surface area (TPSA) is 55.1 Å². The van der Waals surface area contributed by atoms with Crippen molar-refractivity contribution in [3.05, 3.63) is 29.3 Å². The number of nitrogen functional groups attached to an aromatic ring is 1. The van der Waals surface area contributed by atoms with E-state index in [2.05, 4.69) is 12.2 Å². The lowest BCUT2D eigenvalue weighted by Gasteiger charge is -2.15. The summed E-state index contributed by atoms with van der Waals surface area (Å²) in [5.74, 6) is 2.12. The Morgan fingerprint density at radius 2 is 2.22 bits per heavy atom. The summed E-state index contributed by atoms with van der Waals surface area (Å²) in [7, 11) is 0. The van der Waals surface area contributed by atoms with Crippen LogP contribution in [0.25, 0.3) is 0 Å². The van der Waals surface area contributed by atoms with Gasteiger partial charge in [-0.1, -0.05) is 19.1 Å². The molecule has 0 bridgehead atoms. The first kappa shape index (κ1) is 14.9. The van der Waals surface area contributed by atoms with Crippen LogP contribution in [-0.4, -0.2) is 23.5 Å². The van der Waals surface area contributed by atoms with Crippen molar-refractivity contribution in [2.75, 3.05) is 17.2 Å². The van der Waals surface area contributed by atoms with Crippen molar-refractivity contribution in [2.45, 2.75) is 33.2 Å². The average molecular weight is 266 g/mol. The van der Waals surface area contributed by atoms with Crippen molar-refractivity contribution in [2.24, 2.45) is 0 Å². The van der Waals surface area contributed by atoms with Crippen LogP contribution in [0, 0.1) is 6.92 Å². The van der Waals surface area contributed by atoms with Gasteiger partial charge in [0, 0.05) is 11.7 Å². The van der Waals surface area contributed by atoms with E-state index >= 15 is 0 Å². The molecule has 3 N–H and O–H groups in total. The van der Waals surface area contributed by atoms with Crippen LogP contribution in [0.2, 0.25) is 0 Å². The summed E-state index contributed by atoms with van der Waals surface area (Å²) in [6.45, 7) is 6.08. The second-order valence-corrected chi connectivity index (χ2v) is 5.79. The summed E-state index contributed by atoms with van der Waals surface area (Å²) in [6, 6.07) is 5.71. The third kappa shape index (κ3) is 4.26. The lowest BCUT2D eigenvalue weighted by Crippen LogP contribution is -2.33. The molecule has 0 aromatic heterocycles. The van der Waals surface area contributed by atoms with E-state index in [0.717, 1.165) is 23.5 Å². The number of nitrogens with two attached hydrogens (primary N) is 1. The number of hydrogen-bond acceptors (Lipinski definition) is 3. The first-order chi connectivity index (χ1) is 8.56. The summed E-state index contributed by atoms with van der Waals surface area (Å²) in [6.07, 6.45) is 0.982. The molecule has 0 aliphatic heterocycles. The highest BCUT2D eigenvalue weighted by Gasteiger charge is 2.14. The second-order valence-electron chi connectivity index (χ2n) is 4.40. The number of amides is 1. The zero-order valence-electron chi connectivity index (χ0n) is 11.3. The fraction of sp³-hybridized carbons (Fsp3) is 0.500. The number of anilines is 1. The van der Waals surface area contributed by atoms with Crippen molar-refractivity contribution >= 4 is 23.4 Å². The number of nitrogens with one attached hydrogen (secondary N) is 1. The zero-order chi connectivity index (χ0) is 13.5. The maximum Gasteiger partial charge on any atom is 0.253 e. The van der Waals surface area contributed by atoms with Gasteiger partial charge in [0.25, 0.3) is 5.91 Å². The molecule has 1 aromatic rings. The molecule has 1 unspecified atom stereocenters. The van der Waals surface area contributed by atoms with Crippen molar-refractivity contribution in [1.29, 1.82) is 0 Å². The maximum absolute atomic E-state index is 12.1. The predicted octanol–water partition coefficient (Wildman–Crippen LogP) is 2.84. The van der Waals surface area contributed by atoms with E-state index in [9.17, 15) is 4.79 Å². The van der Waals surface area contributed by atoms with Crippen LogP contribution in [0.3, 0.4) is 0 Å². The SMILES string of the molecule is CCSCCC(C)NC(=O)c1c(C)cccc1N. The van der Waals surface area contributed by atoms with E-state index in [4.69, 9.17) is 5.73 Å². The molecule has 0 aliphatic rings. The van der Waals surface area contributed by atoms with Crippen LogP contribution in [0.5, 0.6) is 0 Å². The Kier molecular flexibility index (Phi) is 6.05. The van der Waals surface area contributed by atoms with Crippen LogP contribution in [0.15, 0.2) is 18.2 Å². The van der Waals surface area contributed by atoms with Gasteiger partial charge in [-0.2, -0.15) is 11.8 Å². The van der Waals surface area contributed by atoms with Crippen LogP contribution in [0.1, 0.15) is 36.2 Å². The predicted molar refractivity (Wildman–Crippen MR) is 80.1 cm³/mol. The number of rotatable bonds is 6. The first-order valence-electron chi connectivity index (χ1n) is 6.30. The lowest BCUT2D eigenvalue weighted by molar-refractivity contribution is 0.0940. The molecule has 1 rings (SSSR count). The molecule has 1 atom stereocenters. The van der Waals surface area contributed by atoms with Crippen LogP contribution in [0.4, 0.5) is 5.69 Å². The Morgan fingerprint density at radius 3 is 2.83 bits per heavy atom. The molecule has 0 spiro atoms. The van der Waals surface area contributed by atoms with Gasteiger partial charge in [0.1, 0.15) is 0 Å². The first-order valence-corrected chi connectivity index (χ1v) is 7.45. The van der Waals surface area contributed by atoms with E-state index in [0.29, 0.717) is 11.3 Å². The van der Waals surface area contributed by atoms with Crippen molar-refractivity contribution in [3.63, 3.8) is 0 Å². The molecule has 3 nitrogen and oxygen atoms in total. The van der Waals surface area contributed by atoms with Crippen LogP contribution in [-0.2, 0) is 0 Å². The van der Waals surface area contributed by atoms with Gasteiger partial charge in [0.15, 0.2) is 0 Å². The molecule has 0 aliphatic carbocycles. The molecule has 0 saturated carbocycles. The minimum Gasteiger partial charge on any atom is -0.398 e. The third-order valence-electron chi connectivity index (χ3n) is 2.81. The standard InChI is InChI=1S/C14H22N2OS/c1-4-18-9-8-11(3)16-14(17)13-10(2)6-5-7-12(13)15/h5-7,11H,4,8-9,15H2,1-3H3,(H,16,17). The average Bonchev–Trinajstić information content (AvgIpc) is 2.29. The van der Waals surface area contributed by atoms with Gasteiger partial charge < -0.3 is 11.1 Å². The Bertz CT molecular complexity index is 387. The van der Waals surface area contributed by atoms with Gasteiger partial charge in [0.2, 0.25) is 0 Å². The van der Waals surface area contributed by atoms with Gasteiger partial charge in [-0.05, 0) is 43.4 Å². The van der Waals surface area contributed by atoms with Gasteiger partial charge in [-0.25, -0.2) is 0 Å². The third-order valence-corrected chi connectivity index (χ3v) is 3.74. The number of benzene rings is 1. The highest BCUT2D eigenvalue weighted by Crippen LogP contribution is 2.16. The number of carbonyl (C=O) groups excluding carboxylic acids is 1. The minimum atomic E-state index is -0.0698. The molecule has 18 heavy (non-hydrogen) atoms. The second kappa shape index (κ2) is 7.31. The lowest BCUT2D eigenvalue weighted by atomic mass is 10.1. The van der Waals surface area contributed by atoms with Crippen LogP contribution >= 0.6 is 11.8 Å². The molecule has 100 valence electrons. The van der Waals surface area contributed by atoms with Crippen LogP contribution < -0.4 is 11.1 Å². The highest BCUT2D eigenvalue weighted by molar-refractivity contribution is 7.99. The zero-order valence-corrected chi connectivity index (χ0v) is 12.1. The van der Waals surface area contributed by atoms with E-state index in [1.807, 2.05) is 37.7 Å². The number of aryl methyl sites for hydroxylation is 1. The highest BCUT2D eigenvalue weighted by atomic mass is 32.2. The summed E-state index contributed by atoms with van der Waals surface area (Å²) >= 11 is 1.89. The van der Waals surface area contributed by atoms with Crippen molar-refractivity contribution in [1.82, 2.24) is 5.32 Å². The fourth-order valence-corrected chi connectivity index (χ4v) is 2.58. The molecule has 4 heteroatoms. The summed E-state index contributed by atoms with van der Waals surface area (Å²) < 4.78 is 0. The Morgan fingerprint density at radius 1 is 1.50 bits per heavy atom. The maximum atomic E-state index is 12.1. The fourth-order valence-electron chi connectivity index (χ4n) is 1.77. The van der Waals surface area contributed by atoms with E-state index in [1.54, 1.807) is 6.07 Å². The van der Waals surface area contributed by atoms with Gasteiger partial charge in [-0.15, -0.1) is 0 Å². The van der Waals surface area contributed by atoms with Gasteiger partial charge >= 0.3 is 0 Å². The molecular weight excluding hydrogens is 244 g/mol. The molecule has 0 radical (unpaired) electrons. The largest absolute Gasteiger partial charge is 0.398 e. The molecule has 0 fully saturated rings. The Hall–Kier alpha value is -1.16. The number of thioether (sulfide) groups is 1. The monoisotopic (exact) mass is 266 g/mol. The Balaban J connectivity index is 2.60. The van der Waals surface area contributed by atoms with Gasteiger partial charge in [0.05, 0.1) is 5.56 Å². The van der Waals surface area contributed by atoms with Crippen molar-refractivity contribution in [3.8, 4) is 0 Å². The molecule has 1 amide bonds. The van der Waals surface area contributed by atoms with Gasteiger partial charge in [-0.3, -0.25) is 4.79 Å². The number of carbonyl (C=O) groups is 1. The normalized spacial score (nSPS) is 12.2. The quantitative estimate of drug-likeness (QED) is 0.615. The van der Waals surface area contributed by atoms with E-state index in [-0.39, 0.29) is 11.9 Å². The smallest absolute Gasteiger partial charge is 0.253 e. The molecule has 1 aromatic carbocycles. The van der Waals surface area contributed by atoms with E-state index in [1.165, 1.54) is 0 Å². The summed E-state index contributed by atoms with van der Waals surface area (Å²) in [5, 5.41) is 3.00. The number of hydrogen-bond donors (Lipinski definition) is 2. The summed E-state index contributed by atoms with van der Waals surface area (Å²) in [4.78, 5) is 12.1.